The first-order valence-corrected chi connectivity index (χ1v) is 12.4. The van der Waals surface area contributed by atoms with Gasteiger partial charge in [0.05, 0.1) is 5.00 Å². The number of thioether (sulfide) groups is 1. The molecule has 29 heavy (non-hydrogen) atoms. The summed E-state index contributed by atoms with van der Waals surface area (Å²) in [5.74, 6) is 2.68. The van der Waals surface area contributed by atoms with Crippen molar-refractivity contribution < 1.29 is 0 Å². The van der Waals surface area contributed by atoms with Crippen LogP contribution in [0.15, 0.2) is 27.7 Å². The lowest BCUT2D eigenvalue weighted by Gasteiger charge is -2.37. The highest BCUT2D eigenvalue weighted by molar-refractivity contribution is 7.98. The number of hydrogen-bond acceptors (Lipinski definition) is 6. The Bertz CT molecular complexity index is 762. The molecule has 0 spiro atoms. The third-order valence-corrected chi connectivity index (χ3v) is 6.59. The van der Waals surface area contributed by atoms with Crippen LogP contribution < -0.4 is 10.2 Å². The van der Waals surface area contributed by atoms with E-state index in [0.29, 0.717) is 5.92 Å². The molecule has 3 heterocycles. The zero-order chi connectivity index (χ0) is 20.6. The number of aromatic nitrogens is 3. The van der Waals surface area contributed by atoms with E-state index in [9.17, 15) is 0 Å². The molecule has 0 bridgehead atoms. The van der Waals surface area contributed by atoms with Gasteiger partial charge in [0.25, 0.3) is 0 Å². The number of hydrogen-bond donors (Lipinski definition) is 1. The molecule has 2 aromatic rings. The fourth-order valence-corrected chi connectivity index (χ4v) is 4.88. The van der Waals surface area contributed by atoms with Gasteiger partial charge in [0.15, 0.2) is 11.1 Å². The quantitative estimate of drug-likeness (QED) is 0.298. The van der Waals surface area contributed by atoms with Crippen molar-refractivity contribution in [2.45, 2.75) is 38.4 Å². The minimum Gasteiger partial charge on any atom is -0.360 e. The first-order chi connectivity index (χ1) is 14.1. The van der Waals surface area contributed by atoms with Gasteiger partial charge in [-0.15, -0.1) is 21.5 Å². The fourth-order valence-electron chi connectivity index (χ4n) is 3.57. The summed E-state index contributed by atoms with van der Waals surface area (Å²) in [6.45, 7) is 10.4. The van der Waals surface area contributed by atoms with Crippen LogP contribution in [0.1, 0.15) is 26.1 Å². The zero-order valence-corrected chi connectivity index (χ0v) is 19.6. The van der Waals surface area contributed by atoms with Crippen LogP contribution >= 0.6 is 23.1 Å². The Labute approximate surface area is 182 Å². The first-order valence-electron chi connectivity index (χ1n) is 10.3. The van der Waals surface area contributed by atoms with Gasteiger partial charge in [-0.3, -0.25) is 4.99 Å². The number of nitrogens with one attached hydrogen (secondary N) is 1. The van der Waals surface area contributed by atoms with Crippen molar-refractivity contribution in [2.24, 2.45) is 10.9 Å². The van der Waals surface area contributed by atoms with Gasteiger partial charge in [0.2, 0.25) is 0 Å². The summed E-state index contributed by atoms with van der Waals surface area (Å²) in [4.78, 5) is 9.31. The fraction of sp³-hybridized carbons (Fsp3) is 0.650. The van der Waals surface area contributed by atoms with E-state index in [2.05, 4.69) is 72.5 Å². The molecular formula is C20H33N7S2. The van der Waals surface area contributed by atoms with Crippen LogP contribution in [-0.4, -0.2) is 71.7 Å². The minimum absolute atomic E-state index is 0.584. The predicted molar refractivity (Wildman–Crippen MR) is 124 cm³/mol. The lowest BCUT2D eigenvalue weighted by Crippen LogP contribution is -2.52. The van der Waals surface area contributed by atoms with E-state index in [1.807, 2.05) is 18.4 Å². The number of nitrogens with zero attached hydrogens (tertiary/aromatic N) is 6. The molecule has 1 fully saturated rings. The van der Waals surface area contributed by atoms with E-state index in [1.54, 1.807) is 11.8 Å². The molecule has 2 aromatic heterocycles. The number of piperazine rings is 1. The van der Waals surface area contributed by atoms with Gasteiger partial charge in [0, 0.05) is 52.7 Å². The van der Waals surface area contributed by atoms with Crippen molar-refractivity contribution in [3.05, 3.63) is 23.3 Å². The summed E-state index contributed by atoms with van der Waals surface area (Å²) in [5.41, 5.74) is 0. The summed E-state index contributed by atoms with van der Waals surface area (Å²) in [6.07, 6.45) is 4.00. The highest BCUT2D eigenvalue weighted by Gasteiger charge is 2.20. The van der Waals surface area contributed by atoms with Gasteiger partial charge in [-0.1, -0.05) is 25.6 Å². The Morgan fingerprint density at radius 1 is 1.28 bits per heavy atom. The topological polar surface area (TPSA) is 61.6 Å². The maximum atomic E-state index is 4.50. The van der Waals surface area contributed by atoms with E-state index >= 15 is 0 Å². The lowest BCUT2D eigenvalue weighted by atomic mass is 10.2. The van der Waals surface area contributed by atoms with Gasteiger partial charge in [0.1, 0.15) is 5.82 Å². The maximum Gasteiger partial charge on any atom is 0.193 e. The molecule has 160 valence electrons. The standard InChI is InChI=1S/C20H33N7S2/c1-16(2)15-27-17(23-24-20(27)28-4)7-5-9-22-19(21-3)26-12-10-25(11-13-26)18-8-6-14-29-18/h6,8,14,16H,5,7,9-13,15H2,1-4H3,(H,21,22). The second kappa shape index (κ2) is 10.9. The Hall–Kier alpha value is -1.74. The molecular weight excluding hydrogens is 402 g/mol. The predicted octanol–water partition coefficient (Wildman–Crippen LogP) is 3.05. The number of guanidine groups is 1. The van der Waals surface area contributed by atoms with E-state index in [0.717, 1.165) is 69.1 Å². The zero-order valence-electron chi connectivity index (χ0n) is 18.0. The van der Waals surface area contributed by atoms with Crippen molar-refractivity contribution in [3.63, 3.8) is 0 Å². The number of aryl methyl sites for hydroxylation is 1. The van der Waals surface area contributed by atoms with Crippen LogP contribution in [0.2, 0.25) is 0 Å². The third-order valence-electron chi connectivity index (χ3n) is 4.99. The van der Waals surface area contributed by atoms with Crippen LogP contribution in [0.5, 0.6) is 0 Å². The van der Waals surface area contributed by atoms with E-state index in [1.165, 1.54) is 5.00 Å². The summed E-state index contributed by atoms with van der Waals surface area (Å²) in [7, 11) is 1.87. The molecule has 9 heteroatoms. The second-order valence-electron chi connectivity index (χ2n) is 7.61. The van der Waals surface area contributed by atoms with Crippen LogP contribution in [-0.2, 0) is 13.0 Å². The lowest BCUT2D eigenvalue weighted by molar-refractivity contribution is 0.373. The molecule has 0 radical (unpaired) electrons. The monoisotopic (exact) mass is 435 g/mol. The molecule has 0 aromatic carbocycles. The molecule has 1 N–H and O–H groups in total. The molecule has 7 nitrogen and oxygen atoms in total. The summed E-state index contributed by atoms with van der Waals surface area (Å²) in [6, 6.07) is 4.32. The summed E-state index contributed by atoms with van der Waals surface area (Å²) >= 11 is 3.48. The van der Waals surface area contributed by atoms with Crippen LogP contribution in [0.4, 0.5) is 5.00 Å². The Morgan fingerprint density at radius 3 is 2.69 bits per heavy atom. The third kappa shape index (κ3) is 5.88. The summed E-state index contributed by atoms with van der Waals surface area (Å²) in [5, 5.41) is 16.8. The minimum atomic E-state index is 0.584. The highest BCUT2D eigenvalue weighted by Crippen LogP contribution is 2.22. The van der Waals surface area contributed by atoms with Gasteiger partial charge >= 0.3 is 0 Å². The molecule has 1 aliphatic heterocycles. The normalized spacial score (nSPS) is 15.4. The SMILES string of the molecule is CN=C(NCCCc1nnc(SC)n1CC(C)C)N1CCN(c2cccs2)CC1. The maximum absolute atomic E-state index is 4.50. The molecule has 0 saturated carbocycles. The van der Waals surface area contributed by atoms with Crippen molar-refractivity contribution in [1.29, 1.82) is 0 Å². The van der Waals surface area contributed by atoms with Crippen molar-refractivity contribution in [2.75, 3.05) is 50.9 Å². The molecule has 1 saturated heterocycles. The van der Waals surface area contributed by atoms with E-state index < -0.39 is 0 Å². The van der Waals surface area contributed by atoms with E-state index in [-0.39, 0.29) is 0 Å². The van der Waals surface area contributed by atoms with E-state index in [4.69, 9.17) is 0 Å². The van der Waals surface area contributed by atoms with Crippen LogP contribution in [0.25, 0.3) is 0 Å². The van der Waals surface area contributed by atoms with Gasteiger partial charge < -0.3 is 19.7 Å². The molecule has 0 unspecified atom stereocenters. The number of thiophene rings is 1. The number of rotatable bonds is 8. The Morgan fingerprint density at radius 2 is 2.07 bits per heavy atom. The van der Waals surface area contributed by atoms with Gasteiger partial charge in [-0.05, 0) is 36.1 Å². The largest absolute Gasteiger partial charge is 0.360 e. The van der Waals surface area contributed by atoms with Gasteiger partial charge in [-0.25, -0.2) is 0 Å². The molecule has 1 aliphatic rings. The molecule has 0 atom stereocenters. The summed E-state index contributed by atoms with van der Waals surface area (Å²) < 4.78 is 2.27. The Kier molecular flexibility index (Phi) is 8.23. The Balaban J connectivity index is 1.45. The van der Waals surface area contributed by atoms with Gasteiger partial charge in [-0.2, -0.15) is 0 Å². The van der Waals surface area contributed by atoms with Crippen LogP contribution in [0.3, 0.4) is 0 Å². The van der Waals surface area contributed by atoms with Crippen LogP contribution in [0, 0.1) is 5.92 Å². The number of anilines is 1. The van der Waals surface area contributed by atoms with Crippen molar-refractivity contribution in [3.8, 4) is 0 Å². The molecule has 3 rings (SSSR count). The number of aliphatic imine (C=N–C) groups is 1. The van der Waals surface area contributed by atoms with Crippen molar-refractivity contribution >= 4 is 34.1 Å². The van der Waals surface area contributed by atoms with Crippen molar-refractivity contribution in [1.82, 2.24) is 25.0 Å². The smallest absolute Gasteiger partial charge is 0.193 e. The first kappa shape index (κ1) is 22.0. The molecule has 0 aliphatic carbocycles. The average Bonchev–Trinajstić information content (AvgIpc) is 3.38. The molecule has 0 amide bonds. The average molecular weight is 436 g/mol. The second-order valence-corrected chi connectivity index (χ2v) is 9.31. The highest BCUT2D eigenvalue weighted by atomic mass is 32.2.